The highest BCUT2D eigenvalue weighted by molar-refractivity contribution is 5.78. The zero-order valence-corrected chi connectivity index (χ0v) is 13.4. The fourth-order valence-corrected chi connectivity index (χ4v) is 3.06. The van der Waals surface area contributed by atoms with Gasteiger partial charge in [0.05, 0.1) is 6.42 Å². The molecule has 1 aliphatic rings. The van der Waals surface area contributed by atoms with Gasteiger partial charge >= 0.3 is 12.1 Å². The van der Waals surface area contributed by atoms with Crippen molar-refractivity contribution in [1.29, 1.82) is 0 Å². The van der Waals surface area contributed by atoms with Gasteiger partial charge in [-0.2, -0.15) is 0 Å². The molecule has 0 aromatic heterocycles. The number of carboxylic acids is 1. The number of fused-ring (bicyclic) bond motifs is 3. The molecule has 1 unspecified atom stereocenters. The first kappa shape index (κ1) is 16.1. The Bertz CT molecular complexity index is 785. The third-order valence-corrected chi connectivity index (χ3v) is 4.15. The van der Waals surface area contributed by atoms with E-state index in [-0.39, 0.29) is 13.0 Å². The minimum absolute atomic E-state index is 0.134. The summed E-state index contributed by atoms with van der Waals surface area (Å²) in [6.45, 7) is 1.80. The molecule has 0 heterocycles. The molecule has 24 heavy (non-hydrogen) atoms. The normalized spacial score (nSPS) is 12.9. The van der Waals surface area contributed by atoms with Crippen LogP contribution in [-0.4, -0.2) is 23.2 Å². The van der Waals surface area contributed by atoms with E-state index in [1.807, 2.05) is 24.3 Å². The molecule has 3 rings (SSSR count). The summed E-state index contributed by atoms with van der Waals surface area (Å²) < 4.78 is 5.26. The first-order chi connectivity index (χ1) is 11.5. The zero-order valence-electron chi connectivity index (χ0n) is 13.4. The Hall–Kier alpha value is -2.82. The van der Waals surface area contributed by atoms with E-state index in [1.54, 1.807) is 6.92 Å². The minimum atomic E-state index is -0.957. The molecular formula is C19H19NO4. The third kappa shape index (κ3) is 3.40. The lowest BCUT2D eigenvalue weighted by Gasteiger charge is -2.13. The Labute approximate surface area is 140 Å². The van der Waals surface area contributed by atoms with E-state index in [0.717, 1.165) is 12.0 Å². The van der Waals surface area contributed by atoms with Gasteiger partial charge in [-0.25, -0.2) is 4.79 Å². The number of hydrogen-bond donors (Lipinski definition) is 2. The van der Waals surface area contributed by atoms with Crippen molar-refractivity contribution in [3.05, 3.63) is 59.2 Å². The second-order valence-electron chi connectivity index (χ2n) is 6.00. The molecule has 124 valence electrons. The van der Waals surface area contributed by atoms with Gasteiger partial charge in [0.15, 0.2) is 0 Å². The highest BCUT2D eigenvalue weighted by Gasteiger charge is 2.21. The quantitative estimate of drug-likeness (QED) is 0.754. The Morgan fingerprint density at radius 1 is 1.17 bits per heavy atom. The lowest BCUT2D eigenvalue weighted by atomic mass is 10.0. The van der Waals surface area contributed by atoms with Crippen molar-refractivity contribution in [2.45, 2.75) is 32.4 Å². The molecule has 1 atom stereocenters. The molecule has 2 N–H and O–H groups in total. The van der Waals surface area contributed by atoms with Crippen LogP contribution in [0.2, 0.25) is 0 Å². The number of nitrogens with one attached hydrogen (secondary N) is 1. The topological polar surface area (TPSA) is 75.6 Å². The average Bonchev–Trinajstić information content (AvgIpc) is 2.91. The van der Waals surface area contributed by atoms with Gasteiger partial charge in [0, 0.05) is 6.04 Å². The van der Waals surface area contributed by atoms with Crippen molar-refractivity contribution < 1.29 is 19.4 Å². The minimum Gasteiger partial charge on any atom is -0.481 e. The van der Waals surface area contributed by atoms with Crippen molar-refractivity contribution in [3.63, 3.8) is 0 Å². The third-order valence-electron chi connectivity index (χ3n) is 4.15. The van der Waals surface area contributed by atoms with Crippen LogP contribution in [0, 0.1) is 0 Å². The van der Waals surface area contributed by atoms with Crippen molar-refractivity contribution in [2.24, 2.45) is 0 Å². The van der Waals surface area contributed by atoms with Gasteiger partial charge in [0.25, 0.3) is 0 Å². The summed E-state index contributed by atoms with van der Waals surface area (Å²) in [5.74, 6) is -0.957. The summed E-state index contributed by atoms with van der Waals surface area (Å²) in [7, 11) is 0. The van der Waals surface area contributed by atoms with Gasteiger partial charge < -0.3 is 15.2 Å². The van der Waals surface area contributed by atoms with Gasteiger partial charge in [0.2, 0.25) is 0 Å². The highest BCUT2D eigenvalue weighted by atomic mass is 16.5. The van der Waals surface area contributed by atoms with Crippen LogP contribution < -0.4 is 5.32 Å². The molecule has 0 fully saturated rings. The summed E-state index contributed by atoms with van der Waals surface area (Å²) in [5, 5.41) is 11.2. The van der Waals surface area contributed by atoms with Crippen LogP contribution >= 0.6 is 0 Å². The number of carbonyl (C=O) groups is 2. The maximum atomic E-state index is 11.8. The summed E-state index contributed by atoms with van der Waals surface area (Å²) >= 11 is 0. The number of rotatable bonds is 5. The van der Waals surface area contributed by atoms with Gasteiger partial charge in [-0.15, -0.1) is 0 Å². The van der Waals surface area contributed by atoms with Crippen LogP contribution in [0.25, 0.3) is 11.1 Å². The summed E-state index contributed by atoms with van der Waals surface area (Å²) in [6, 6.07) is 13.8. The number of benzene rings is 2. The van der Waals surface area contributed by atoms with Crippen LogP contribution in [0.1, 0.15) is 30.0 Å². The fraction of sp³-hybridized carbons (Fsp3) is 0.263. The van der Waals surface area contributed by atoms with Gasteiger partial charge in [0.1, 0.15) is 6.61 Å². The Balaban J connectivity index is 1.66. The molecule has 0 bridgehead atoms. The Morgan fingerprint density at radius 3 is 2.71 bits per heavy atom. The second kappa shape index (κ2) is 6.74. The standard InChI is InChI=1S/C19H19NO4/c1-12(9-18(21)22)20-19(23)24-11-14-6-4-8-16-15-7-3-2-5-13(15)10-17(14)16/h2-8,12H,9-11H2,1H3,(H,20,23)(H,21,22). The molecule has 2 aromatic rings. The second-order valence-corrected chi connectivity index (χ2v) is 6.00. The maximum absolute atomic E-state index is 11.8. The van der Waals surface area contributed by atoms with Gasteiger partial charge in [-0.05, 0) is 41.2 Å². The SMILES string of the molecule is CC(CC(=O)O)NC(=O)OCc1cccc2c1Cc1ccccc1-2. The van der Waals surface area contributed by atoms with Crippen molar-refractivity contribution in [3.8, 4) is 11.1 Å². The highest BCUT2D eigenvalue weighted by Crippen LogP contribution is 2.38. The average molecular weight is 325 g/mol. The van der Waals surface area contributed by atoms with Crippen LogP contribution in [0.5, 0.6) is 0 Å². The smallest absolute Gasteiger partial charge is 0.407 e. The molecule has 5 heteroatoms. The molecular weight excluding hydrogens is 306 g/mol. The van der Waals surface area contributed by atoms with Crippen LogP contribution in [0.4, 0.5) is 4.79 Å². The van der Waals surface area contributed by atoms with Gasteiger partial charge in [-0.3, -0.25) is 4.79 Å². The molecule has 0 saturated heterocycles. The summed E-state index contributed by atoms with van der Waals surface area (Å²) in [6.07, 6.45) is 0.101. The number of aliphatic carboxylic acids is 1. The van der Waals surface area contributed by atoms with Crippen LogP contribution in [-0.2, 0) is 22.6 Å². The number of carbonyl (C=O) groups excluding carboxylic acids is 1. The van der Waals surface area contributed by atoms with E-state index in [1.165, 1.54) is 22.3 Å². The van der Waals surface area contributed by atoms with E-state index in [4.69, 9.17) is 9.84 Å². The van der Waals surface area contributed by atoms with Gasteiger partial charge in [-0.1, -0.05) is 42.5 Å². The Kier molecular flexibility index (Phi) is 4.51. The maximum Gasteiger partial charge on any atom is 0.407 e. The number of ether oxygens (including phenoxy) is 1. The van der Waals surface area contributed by atoms with Crippen molar-refractivity contribution in [2.75, 3.05) is 0 Å². The number of amides is 1. The molecule has 2 aromatic carbocycles. The molecule has 0 saturated carbocycles. The van der Waals surface area contributed by atoms with E-state index in [2.05, 4.69) is 23.5 Å². The Morgan fingerprint density at radius 2 is 1.92 bits per heavy atom. The molecule has 1 aliphatic carbocycles. The monoisotopic (exact) mass is 325 g/mol. The molecule has 5 nitrogen and oxygen atoms in total. The molecule has 0 radical (unpaired) electrons. The van der Waals surface area contributed by atoms with Crippen LogP contribution in [0.3, 0.4) is 0 Å². The first-order valence-electron chi connectivity index (χ1n) is 7.88. The predicted octanol–water partition coefficient (Wildman–Crippen LogP) is 3.35. The number of hydrogen-bond acceptors (Lipinski definition) is 3. The molecule has 0 aliphatic heterocycles. The van der Waals surface area contributed by atoms with E-state index in [0.29, 0.717) is 0 Å². The van der Waals surface area contributed by atoms with E-state index >= 15 is 0 Å². The van der Waals surface area contributed by atoms with E-state index < -0.39 is 18.1 Å². The molecule has 1 amide bonds. The first-order valence-corrected chi connectivity index (χ1v) is 7.88. The number of carboxylic acid groups (broad SMARTS) is 1. The summed E-state index contributed by atoms with van der Waals surface area (Å²) in [5.41, 5.74) is 5.86. The largest absolute Gasteiger partial charge is 0.481 e. The lowest BCUT2D eigenvalue weighted by molar-refractivity contribution is -0.137. The molecule has 0 spiro atoms. The fourth-order valence-electron chi connectivity index (χ4n) is 3.06. The van der Waals surface area contributed by atoms with Crippen molar-refractivity contribution in [1.82, 2.24) is 5.32 Å². The number of alkyl carbamates (subject to hydrolysis) is 1. The predicted molar refractivity (Wildman–Crippen MR) is 89.7 cm³/mol. The zero-order chi connectivity index (χ0) is 17.1. The summed E-state index contributed by atoms with van der Waals surface area (Å²) in [4.78, 5) is 22.4. The van der Waals surface area contributed by atoms with Crippen LogP contribution in [0.15, 0.2) is 42.5 Å². The van der Waals surface area contributed by atoms with Crippen molar-refractivity contribution >= 4 is 12.1 Å². The lowest BCUT2D eigenvalue weighted by Crippen LogP contribution is -2.34. The van der Waals surface area contributed by atoms with E-state index in [9.17, 15) is 9.59 Å².